The molecule has 0 amide bonds. The fraction of sp³-hybridized carbons (Fsp3) is 0.339. The molecule has 13 heteroatoms. The van der Waals surface area contributed by atoms with E-state index in [1.54, 1.807) is 30.5 Å². The van der Waals surface area contributed by atoms with E-state index < -0.39 is 23.3 Å². The van der Waals surface area contributed by atoms with Gasteiger partial charge in [0.2, 0.25) is 0 Å². The fourth-order valence-corrected chi connectivity index (χ4v) is 6.36. The Morgan fingerprint density at radius 2 is 0.733 bits per heavy atom. The number of hydrogen-bond donors (Lipinski definition) is 0. The van der Waals surface area contributed by atoms with E-state index in [9.17, 15) is 26.3 Å². The minimum Gasteiger partial charge on any atom is -0.244 e. The first-order valence-electron chi connectivity index (χ1n) is 24.6. The van der Waals surface area contributed by atoms with Crippen molar-refractivity contribution in [1.82, 2.24) is 9.97 Å². The van der Waals surface area contributed by atoms with Gasteiger partial charge in [-0.3, -0.25) is 0 Å². The molecule has 2 heterocycles. The van der Waals surface area contributed by atoms with Crippen LogP contribution in [0.1, 0.15) is 183 Å². The standard InChI is InChI=1S/C10H10FN.C9H10ClF.C9H11Cl.C9H10F2.C9H11F.C8H9ClFN.C8H10ClN/c1-7(2)8-3-4-9(6-12)10(11)5-8;1-6(2)7-3-4-8(10)9(11)5-7;1-7(2)8-3-5-9(10)6-4-8;1-6(2)7-3-4-8(10)9(11)5-7;1-7(2)8-3-5-9(10)6-4-8;1-5(2)6-3-7(10)8(9)11-4-6;1-6(2)7-3-4-8(9)10-5-7/h3-5,7H,1-2H3;3-6H,1-2H3;3-7H,1-2H3;3-6H,1-2H3;3-7H,1-2H3;3-5H,1-2H3;3-6H,1-2H3. The van der Waals surface area contributed by atoms with Crippen LogP contribution in [0.4, 0.5) is 26.3 Å². The SMILES string of the molecule is CC(C)c1ccc(C#N)c(F)c1.CC(C)c1ccc(Cl)c(F)c1.CC(C)c1ccc(Cl)cc1.CC(C)c1ccc(Cl)nc1.CC(C)c1ccc(F)c(F)c1.CC(C)c1ccc(F)cc1.CC(C)c1cnc(Cl)c(F)c1. The van der Waals surface area contributed by atoms with Crippen LogP contribution in [0.2, 0.25) is 20.4 Å². The van der Waals surface area contributed by atoms with E-state index in [1.807, 2.05) is 104 Å². The van der Waals surface area contributed by atoms with Gasteiger partial charge in [-0.1, -0.05) is 192 Å². The lowest BCUT2D eigenvalue weighted by Crippen LogP contribution is -1.91. The Morgan fingerprint density at radius 3 is 1.12 bits per heavy atom. The van der Waals surface area contributed by atoms with Crippen molar-refractivity contribution in [2.24, 2.45) is 0 Å². The molecule has 0 aliphatic carbocycles. The highest BCUT2D eigenvalue weighted by atomic mass is 35.5. The molecule has 0 saturated carbocycles. The second-order valence-electron chi connectivity index (χ2n) is 19.3. The molecule has 0 N–H and O–H groups in total. The van der Waals surface area contributed by atoms with Crippen molar-refractivity contribution in [3.63, 3.8) is 0 Å². The number of nitrogens with zero attached hydrogens (tertiary/aromatic N) is 3. The molecule has 0 aliphatic rings. The Kier molecular flexibility index (Phi) is 31.6. The Hall–Kier alpha value is -5.37. The summed E-state index contributed by atoms with van der Waals surface area (Å²) in [5.41, 5.74) is 7.45. The molecule has 0 spiro atoms. The van der Waals surface area contributed by atoms with Crippen molar-refractivity contribution >= 4 is 46.4 Å². The van der Waals surface area contributed by atoms with Crippen LogP contribution in [0, 0.1) is 46.2 Å². The lowest BCUT2D eigenvalue weighted by atomic mass is 10.0. The predicted octanol–water partition coefficient (Wildman–Crippen LogP) is 21.8. The van der Waals surface area contributed by atoms with Gasteiger partial charge in [-0.2, -0.15) is 5.26 Å². The maximum Gasteiger partial charge on any atom is 0.164 e. The molecule has 0 saturated heterocycles. The van der Waals surface area contributed by atoms with Crippen molar-refractivity contribution in [3.8, 4) is 6.07 Å². The number of halogens is 10. The Balaban J connectivity index is 0.000000438. The molecule has 0 aliphatic heterocycles. The van der Waals surface area contributed by atoms with Gasteiger partial charge < -0.3 is 0 Å². The van der Waals surface area contributed by atoms with E-state index in [-0.39, 0.29) is 39.2 Å². The first-order valence-corrected chi connectivity index (χ1v) is 26.1. The summed E-state index contributed by atoms with van der Waals surface area (Å²) < 4.78 is 75.8. The third-order valence-corrected chi connectivity index (χ3v) is 12.0. The molecule has 0 bridgehead atoms. The largest absolute Gasteiger partial charge is 0.244 e. The average molecular weight is 1110 g/mol. The van der Waals surface area contributed by atoms with Crippen LogP contribution in [0.3, 0.4) is 0 Å². The van der Waals surface area contributed by atoms with Gasteiger partial charge in [0.1, 0.15) is 28.7 Å². The quantitative estimate of drug-likeness (QED) is 0.118. The lowest BCUT2D eigenvalue weighted by Gasteiger charge is -2.04. The molecule has 5 aromatic carbocycles. The van der Waals surface area contributed by atoms with Gasteiger partial charge in [-0.25, -0.2) is 36.3 Å². The van der Waals surface area contributed by atoms with Crippen LogP contribution in [-0.2, 0) is 0 Å². The zero-order valence-electron chi connectivity index (χ0n) is 45.4. The topological polar surface area (TPSA) is 49.6 Å². The second-order valence-corrected chi connectivity index (χ2v) is 20.9. The third kappa shape index (κ3) is 26.8. The van der Waals surface area contributed by atoms with Crippen LogP contribution >= 0.6 is 46.4 Å². The molecule has 0 fully saturated rings. The van der Waals surface area contributed by atoms with Crippen LogP contribution in [0.15, 0.2) is 134 Å². The van der Waals surface area contributed by atoms with Crippen molar-refractivity contribution in [2.45, 2.75) is 138 Å². The highest BCUT2D eigenvalue weighted by Crippen LogP contribution is 2.23. The van der Waals surface area contributed by atoms with E-state index in [0.29, 0.717) is 34.7 Å². The number of pyridine rings is 2. The Labute approximate surface area is 463 Å². The van der Waals surface area contributed by atoms with Crippen LogP contribution in [0.5, 0.6) is 0 Å². The number of rotatable bonds is 7. The van der Waals surface area contributed by atoms with Gasteiger partial charge >= 0.3 is 0 Å². The monoisotopic (exact) mass is 1110 g/mol. The van der Waals surface area contributed by atoms with Gasteiger partial charge in [-0.05, 0) is 153 Å². The summed E-state index contributed by atoms with van der Waals surface area (Å²) >= 11 is 22.2. The highest BCUT2D eigenvalue weighted by molar-refractivity contribution is 6.31. The number of nitriles is 1. The maximum atomic E-state index is 13.0. The Bertz CT molecular complexity index is 2520. The molecular weight excluding hydrogens is 1040 g/mol. The summed E-state index contributed by atoms with van der Waals surface area (Å²) in [6.45, 7) is 28.6. The first-order chi connectivity index (χ1) is 35.1. The summed E-state index contributed by atoms with van der Waals surface area (Å²) in [6, 6.07) is 35.3. The van der Waals surface area contributed by atoms with E-state index in [4.69, 9.17) is 51.7 Å². The van der Waals surface area contributed by atoms with Crippen LogP contribution < -0.4 is 0 Å². The molecule has 7 rings (SSSR count). The molecule has 2 aromatic heterocycles. The first kappa shape index (κ1) is 67.6. The predicted molar refractivity (Wildman–Crippen MR) is 304 cm³/mol. The van der Waals surface area contributed by atoms with Gasteiger partial charge in [0.25, 0.3) is 0 Å². The van der Waals surface area contributed by atoms with Crippen LogP contribution in [0.25, 0.3) is 0 Å². The van der Waals surface area contributed by atoms with Crippen molar-refractivity contribution in [3.05, 3.63) is 233 Å². The van der Waals surface area contributed by atoms with Crippen molar-refractivity contribution in [1.29, 1.82) is 5.26 Å². The molecule has 0 unspecified atom stereocenters. The van der Waals surface area contributed by atoms with Crippen molar-refractivity contribution in [2.75, 3.05) is 0 Å². The number of hydrogen-bond acceptors (Lipinski definition) is 3. The molecule has 75 heavy (non-hydrogen) atoms. The Morgan fingerprint density at radius 1 is 0.360 bits per heavy atom. The molecule has 3 nitrogen and oxygen atoms in total. The summed E-state index contributed by atoms with van der Waals surface area (Å²) in [5.74, 6) is -0.134. The summed E-state index contributed by atoms with van der Waals surface area (Å²) in [4.78, 5) is 7.66. The van der Waals surface area contributed by atoms with Gasteiger partial charge in [0.15, 0.2) is 22.6 Å². The number of benzene rings is 5. The molecule has 404 valence electrons. The molecule has 0 atom stereocenters. The zero-order chi connectivity index (χ0) is 57.1. The average Bonchev–Trinajstić information content (AvgIpc) is 3.35. The lowest BCUT2D eigenvalue weighted by molar-refractivity contribution is 0.506. The van der Waals surface area contributed by atoms with Crippen LogP contribution in [-0.4, -0.2) is 9.97 Å². The summed E-state index contributed by atoms with van der Waals surface area (Å²) in [6.07, 6.45) is 3.41. The second kappa shape index (κ2) is 35.1. The van der Waals surface area contributed by atoms with Gasteiger partial charge in [0.05, 0.1) is 10.6 Å². The highest BCUT2D eigenvalue weighted by Gasteiger charge is 2.08. The summed E-state index contributed by atoms with van der Waals surface area (Å²) in [5, 5.41) is 9.96. The van der Waals surface area contributed by atoms with Crippen molar-refractivity contribution < 1.29 is 26.3 Å². The van der Waals surface area contributed by atoms with Gasteiger partial charge in [-0.15, -0.1) is 0 Å². The number of aromatic nitrogens is 2. The fourth-order valence-electron chi connectivity index (χ4n) is 5.90. The van der Waals surface area contributed by atoms with E-state index in [1.165, 1.54) is 59.2 Å². The van der Waals surface area contributed by atoms with Gasteiger partial charge in [0, 0.05) is 17.4 Å². The van der Waals surface area contributed by atoms with E-state index >= 15 is 0 Å². The molecular formula is C62H71Cl4F6N3. The molecule has 7 aromatic rings. The smallest absolute Gasteiger partial charge is 0.164 e. The summed E-state index contributed by atoms with van der Waals surface area (Å²) in [7, 11) is 0. The minimum absolute atomic E-state index is 0.0607. The third-order valence-electron chi connectivity index (χ3n) is 11.0. The van der Waals surface area contributed by atoms with E-state index in [2.05, 4.69) is 63.6 Å². The normalized spacial score (nSPS) is 10.4. The maximum absolute atomic E-state index is 13.0. The zero-order valence-corrected chi connectivity index (χ0v) is 48.4. The molecule has 0 radical (unpaired) electrons. The van der Waals surface area contributed by atoms with E-state index in [0.717, 1.165) is 33.3 Å². The minimum atomic E-state index is -0.783.